The first-order valence-electron chi connectivity index (χ1n) is 7.54. The Balaban J connectivity index is 1.82. The van der Waals surface area contributed by atoms with Gasteiger partial charge in [-0.1, -0.05) is 18.2 Å². The van der Waals surface area contributed by atoms with Crippen LogP contribution in [0.1, 0.15) is 27.5 Å². The molecule has 0 aliphatic heterocycles. The van der Waals surface area contributed by atoms with Crippen molar-refractivity contribution in [2.24, 2.45) is 0 Å². The summed E-state index contributed by atoms with van der Waals surface area (Å²) in [5.74, 6) is -0.687. The Labute approximate surface area is 139 Å². The van der Waals surface area contributed by atoms with Crippen molar-refractivity contribution in [2.75, 3.05) is 0 Å². The van der Waals surface area contributed by atoms with Crippen LogP contribution in [0.25, 0.3) is 5.69 Å². The van der Waals surface area contributed by atoms with Crippen LogP contribution in [0.2, 0.25) is 0 Å². The van der Waals surface area contributed by atoms with Crippen molar-refractivity contribution < 1.29 is 14.0 Å². The lowest BCUT2D eigenvalue weighted by molar-refractivity contribution is -0.117. The third kappa shape index (κ3) is 2.99. The summed E-state index contributed by atoms with van der Waals surface area (Å²) in [6, 6.07) is 12.9. The zero-order chi connectivity index (χ0) is 17.1. The van der Waals surface area contributed by atoms with Gasteiger partial charge in [0, 0.05) is 0 Å². The van der Waals surface area contributed by atoms with E-state index in [9.17, 15) is 9.59 Å². The fraction of sp³-hybridized carbons (Fsp3) is 0.167. The van der Waals surface area contributed by atoms with Gasteiger partial charge in [0.2, 0.25) is 0 Å². The quantitative estimate of drug-likeness (QED) is 0.578. The molecule has 24 heavy (non-hydrogen) atoms. The maximum absolute atomic E-state index is 12.5. The SMILES string of the molecule is Cc1nn(-c2ccccc2)c(C)c1C(=O)C(=O)NCc1ccco1. The first-order chi connectivity index (χ1) is 11.6. The molecule has 0 unspecified atom stereocenters. The number of hydrogen-bond donors (Lipinski definition) is 1. The highest BCUT2D eigenvalue weighted by Gasteiger charge is 2.25. The Morgan fingerprint density at radius 2 is 1.88 bits per heavy atom. The van der Waals surface area contributed by atoms with Crippen LogP contribution in [0.5, 0.6) is 0 Å². The molecule has 0 aliphatic carbocycles. The van der Waals surface area contributed by atoms with Gasteiger partial charge in [0.15, 0.2) is 0 Å². The van der Waals surface area contributed by atoms with E-state index in [0.29, 0.717) is 22.7 Å². The van der Waals surface area contributed by atoms with Gasteiger partial charge in [0.1, 0.15) is 5.76 Å². The monoisotopic (exact) mass is 323 g/mol. The van der Waals surface area contributed by atoms with E-state index in [1.807, 2.05) is 30.3 Å². The van der Waals surface area contributed by atoms with Gasteiger partial charge in [-0.3, -0.25) is 9.59 Å². The lowest BCUT2D eigenvalue weighted by Crippen LogP contribution is -2.31. The Morgan fingerprint density at radius 3 is 2.54 bits per heavy atom. The van der Waals surface area contributed by atoms with Gasteiger partial charge in [0.25, 0.3) is 11.7 Å². The lowest BCUT2D eigenvalue weighted by Gasteiger charge is -2.05. The first-order valence-corrected chi connectivity index (χ1v) is 7.54. The van der Waals surface area contributed by atoms with Crippen LogP contribution in [0.4, 0.5) is 0 Å². The Hall–Kier alpha value is -3.15. The van der Waals surface area contributed by atoms with E-state index >= 15 is 0 Å². The minimum Gasteiger partial charge on any atom is -0.467 e. The van der Waals surface area contributed by atoms with Gasteiger partial charge in [-0.15, -0.1) is 0 Å². The molecule has 0 saturated heterocycles. The normalized spacial score (nSPS) is 10.6. The van der Waals surface area contributed by atoms with Crippen molar-refractivity contribution in [2.45, 2.75) is 20.4 Å². The molecule has 0 aliphatic rings. The predicted molar refractivity (Wildman–Crippen MR) is 87.9 cm³/mol. The smallest absolute Gasteiger partial charge is 0.292 e. The van der Waals surface area contributed by atoms with E-state index in [-0.39, 0.29) is 6.54 Å². The number of para-hydroxylation sites is 1. The van der Waals surface area contributed by atoms with E-state index in [4.69, 9.17) is 4.42 Å². The first kappa shape index (κ1) is 15.7. The highest BCUT2D eigenvalue weighted by molar-refractivity contribution is 6.43. The highest BCUT2D eigenvalue weighted by atomic mass is 16.3. The molecule has 1 N–H and O–H groups in total. The largest absolute Gasteiger partial charge is 0.467 e. The van der Waals surface area contributed by atoms with E-state index < -0.39 is 11.7 Å². The molecule has 0 bridgehead atoms. The molecule has 122 valence electrons. The molecular weight excluding hydrogens is 306 g/mol. The Morgan fingerprint density at radius 1 is 1.12 bits per heavy atom. The Kier molecular flexibility index (Phi) is 4.29. The molecule has 2 aromatic heterocycles. The van der Waals surface area contributed by atoms with Crippen LogP contribution in [0.15, 0.2) is 53.1 Å². The summed E-state index contributed by atoms with van der Waals surface area (Å²) in [6.07, 6.45) is 1.52. The fourth-order valence-electron chi connectivity index (χ4n) is 2.57. The molecule has 1 aromatic carbocycles. The molecule has 2 heterocycles. The van der Waals surface area contributed by atoms with E-state index in [2.05, 4.69) is 10.4 Å². The molecule has 3 rings (SSSR count). The molecule has 0 spiro atoms. The topological polar surface area (TPSA) is 77.1 Å². The van der Waals surface area contributed by atoms with E-state index in [1.54, 1.807) is 30.7 Å². The fourth-order valence-corrected chi connectivity index (χ4v) is 2.57. The number of benzene rings is 1. The van der Waals surface area contributed by atoms with E-state index in [1.165, 1.54) is 6.26 Å². The molecule has 0 atom stereocenters. The number of ketones is 1. The second kappa shape index (κ2) is 6.54. The van der Waals surface area contributed by atoms with Gasteiger partial charge < -0.3 is 9.73 Å². The van der Waals surface area contributed by atoms with Crippen LogP contribution < -0.4 is 5.32 Å². The average Bonchev–Trinajstić information content (AvgIpc) is 3.21. The van der Waals surface area contributed by atoms with Crippen LogP contribution in [-0.4, -0.2) is 21.5 Å². The number of Topliss-reactive ketones (excluding diaryl/α,β-unsaturated/α-hetero) is 1. The van der Waals surface area contributed by atoms with Gasteiger partial charge in [-0.05, 0) is 38.1 Å². The standard InChI is InChI=1S/C18H17N3O3/c1-12-16(13(2)21(20-12)14-7-4-3-5-8-14)17(22)18(23)19-11-15-9-6-10-24-15/h3-10H,11H2,1-2H3,(H,19,23). The number of aromatic nitrogens is 2. The number of amides is 1. The summed E-state index contributed by atoms with van der Waals surface area (Å²) in [6.45, 7) is 3.67. The second-order valence-corrected chi connectivity index (χ2v) is 5.38. The summed E-state index contributed by atoms with van der Waals surface area (Å²) in [4.78, 5) is 24.6. The maximum Gasteiger partial charge on any atom is 0.292 e. The van der Waals surface area contributed by atoms with Gasteiger partial charge in [-0.25, -0.2) is 4.68 Å². The van der Waals surface area contributed by atoms with Crippen molar-refractivity contribution in [1.82, 2.24) is 15.1 Å². The average molecular weight is 323 g/mol. The number of nitrogens with zero attached hydrogens (tertiary/aromatic N) is 2. The van der Waals surface area contributed by atoms with Crippen molar-refractivity contribution in [3.8, 4) is 5.69 Å². The lowest BCUT2D eigenvalue weighted by atomic mass is 10.1. The summed E-state index contributed by atoms with van der Waals surface area (Å²) in [5, 5.41) is 6.96. The molecule has 3 aromatic rings. The number of aryl methyl sites for hydroxylation is 1. The van der Waals surface area contributed by atoms with Crippen LogP contribution >= 0.6 is 0 Å². The minimum atomic E-state index is -0.676. The molecule has 1 amide bonds. The summed E-state index contributed by atoms with van der Waals surface area (Å²) >= 11 is 0. The van der Waals surface area contributed by atoms with Crippen LogP contribution in [-0.2, 0) is 11.3 Å². The summed E-state index contributed by atoms with van der Waals surface area (Å²) in [5.41, 5.74) is 2.33. The van der Waals surface area contributed by atoms with Crippen LogP contribution in [0, 0.1) is 13.8 Å². The number of carbonyl (C=O) groups is 2. The number of furan rings is 1. The van der Waals surface area contributed by atoms with Crippen molar-refractivity contribution in [3.63, 3.8) is 0 Å². The number of rotatable bonds is 5. The molecule has 0 fully saturated rings. The van der Waals surface area contributed by atoms with Crippen LogP contribution in [0.3, 0.4) is 0 Å². The molecule has 0 saturated carbocycles. The third-order valence-electron chi connectivity index (χ3n) is 3.73. The predicted octanol–water partition coefficient (Wildman–Crippen LogP) is 2.58. The minimum absolute atomic E-state index is 0.169. The number of carbonyl (C=O) groups excluding carboxylic acids is 2. The molecule has 6 nitrogen and oxygen atoms in total. The van der Waals surface area contributed by atoms with Crippen molar-refractivity contribution in [3.05, 3.63) is 71.4 Å². The zero-order valence-electron chi connectivity index (χ0n) is 13.4. The number of nitrogens with one attached hydrogen (secondary N) is 1. The summed E-state index contributed by atoms with van der Waals surface area (Å²) in [7, 11) is 0. The maximum atomic E-state index is 12.5. The van der Waals surface area contributed by atoms with Gasteiger partial charge in [-0.2, -0.15) is 5.10 Å². The molecular formula is C18H17N3O3. The third-order valence-corrected chi connectivity index (χ3v) is 3.73. The van der Waals surface area contributed by atoms with Gasteiger partial charge in [0.05, 0.1) is 35.4 Å². The summed E-state index contributed by atoms with van der Waals surface area (Å²) < 4.78 is 6.81. The van der Waals surface area contributed by atoms with Gasteiger partial charge >= 0.3 is 0 Å². The Bertz CT molecular complexity index is 865. The van der Waals surface area contributed by atoms with Crippen molar-refractivity contribution >= 4 is 11.7 Å². The number of hydrogen-bond acceptors (Lipinski definition) is 4. The highest BCUT2D eigenvalue weighted by Crippen LogP contribution is 2.18. The molecule has 6 heteroatoms. The second-order valence-electron chi connectivity index (χ2n) is 5.38. The molecule has 0 radical (unpaired) electrons. The van der Waals surface area contributed by atoms with Crippen molar-refractivity contribution in [1.29, 1.82) is 0 Å². The zero-order valence-corrected chi connectivity index (χ0v) is 13.4. The van der Waals surface area contributed by atoms with E-state index in [0.717, 1.165) is 5.69 Å².